The summed E-state index contributed by atoms with van der Waals surface area (Å²) in [6, 6.07) is -2.87. The molecule has 0 saturated carbocycles. The monoisotopic (exact) mass is 1090 g/mol. The standard InChI is InChI=1S/C40H75N5O11.C7H11N3O.C3H8N2O2.C2H6/c1-3-4-5-6-7-8-9-10-11-12-13-14-15-19-37(48)45-35(40(51)52)20-21-36(47)43-23-25-53-27-30-56-32-39(50)44-24-26-54-28-29-55-31-38(49)42-22-17-16-18-34(41)33(2)46;1-5(11)7(8)2-6-3-9-4-10-6;4-2(1-6)3(5)7;1-2/h34-35H,3-32,41H2,1-2H3,(H,42,49)(H,43,47)(H,44,50)(H,45,48)(H,51,52);3-4,7H,2,8H2,1H3,(H,9,10);2,6H,1,4H2,(H2,5,7);1-2H3/t34-,35-;7-;2-;/m000./s1. The lowest BCUT2D eigenvalue weighted by atomic mass is 10.0. The van der Waals surface area contributed by atoms with Crippen LogP contribution >= 0.6 is 0 Å². The number of nitrogens with one attached hydrogen (secondary N) is 5. The smallest absolute Gasteiger partial charge is 0.326 e. The molecule has 0 radical (unpaired) electrons. The predicted molar refractivity (Wildman–Crippen MR) is 290 cm³/mol. The van der Waals surface area contributed by atoms with Crippen LogP contribution in [-0.4, -0.2) is 171 Å². The molecule has 0 aliphatic rings. The van der Waals surface area contributed by atoms with Crippen molar-refractivity contribution in [2.45, 2.75) is 187 Å². The molecule has 1 aromatic heterocycles. The first-order valence-electron chi connectivity index (χ1n) is 27.2. The Hall–Kier alpha value is -4.95. The normalized spacial score (nSPS) is 12.1. The number of hydrogen-bond acceptors (Lipinski definition) is 17. The second-order valence-corrected chi connectivity index (χ2v) is 17.8. The highest BCUT2D eigenvalue weighted by Crippen LogP contribution is 2.13. The van der Waals surface area contributed by atoms with Crippen molar-refractivity contribution in [3.8, 4) is 0 Å². The zero-order valence-electron chi connectivity index (χ0n) is 46.6. The number of amides is 5. The highest BCUT2D eigenvalue weighted by atomic mass is 16.5. The number of carboxylic acids is 1. The number of nitrogens with two attached hydrogens (primary N) is 4. The van der Waals surface area contributed by atoms with Crippen molar-refractivity contribution in [3.05, 3.63) is 18.2 Å². The number of aliphatic hydroxyl groups is 1. The van der Waals surface area contributed by atoms with E-state index in [9.17, 15) is 43.5 Å². The Balaban J connectivity index is -0.00000220. The number of Topliss-reactive ketones (excluding diaryl/α,β-unsaturated/α-hetero) is 2. The van der Waals surface area contributed by atoms with Gasteiger partial charge >= 0.3 is 5.97 Å². The molecule has 24 heteroatoms. The highest BCUT2D eigenvalue weighted by molar-refractivity contribution is 5.84. The van der Waals surface area contributed by atoms with Crippen molar-refractivity contribution in [2.75, 3.05) is 79.1 Å². The summed E-state index contributed by atoms with van der Waals surface area (Å²) in [4.78, 5) is 98.1. The van der Waals surface area contributed by atoms with Crippen LogP contribution in [0.3, 0.4) is 0 Å². The number of H-pyrrole nitrogens is 1. The summed E-state index contributed by atoms with van der Waals surface area (Å²) in [5, 5.41) is 28.2. The largest absolute Gasteiger partial charge is 0.480 e. The van der Waals surface area contributed by atoms with Crippen LogP contribution in [0.25, 0.3) is 0 Å². The Morgan fingerprint density at radius 2 is 1.05 bits per heavy atom. The minimum atomic E-state index is -1.17. The summed E-state index contributed by atoms with van der Waals surface area (Å²) in [7, 11) is 0. The van der Waals surface area contributed by atoms with Gasteiger partial charge in [0.2, 0.25) is 29.5 Å². The maximum Gasteiger partial charge on any atom is 0.326 e. The van der Waals surface area contributed by atoms with Gasteiger partial charge in [0.05, 0.1) is 64.7 Å². The SMILES string of the molecule is CC.CC(=O)[C@@H](N)Cc1cnc[nH]1.CCCCCCCCCCCCCCCC(=O)N[C@@H](CCC(=O)NCCOCCOCC(=O)NCCOCCOCC(=O)NCCCC[C@H](N)C(C)=O)C(=O)O.NC(=O)[C@@H](N)CO. The van der Waals surface area contributed by atoms with Gasteiger partial charge in [0.1, 0.15) is 36.9 Å². The molecule has 0 aromatic carbocycles. The lowest BCUT2D eigenvalue weighted by molar-refractivity contribution is -0.142. The Morgan fingerprint density at radius 3 is 1.49 bits per heavy atom. The number of carboxylic acid groups (broad SMARTS) is 1. The van der Waals surface area contributed by atoms with E-state index in [4.69, 9.17) is 41.3 Å². The molecule has 4 atom stereocenters. The van der Waals surface area contributed by atoms with Crippen molar-refractivity contribution < 1.29 is 67.5 Å². The average molecular weight is 1090 g/mol. The van der Waals surface area contributed by atoms with Crippen LogP contribution in [0.5, 0.6) is 0 Å². The third kappa shape index (κ3) is 52.5. The third-order valence-electron chi connectivity index (χ3n) is 11.0. The molecule has 5 amide bonds. The number of ketones is 2. The molecule has 0 spiro atoms. The van der Waals surface area contributed by atoms with Crippen LogP contribution in [0.4, 0.5) is 0 Å². The number of aliphatic carboxylic acids is 1. The van der Waals surface area contributed by atoms with Crippen molar-refractivity contribution in [1.29, 1.82) is 0 Å². The van der Waals surface area contributed by atoms with Crippen LogP contribution in [0.15, 0.2) is 12.5 Å². The molecule has 1 heterocycles. The molecule has 442 valence electrons. The molecule has 0 unspecified atom stereocenters. The van der Waals surface area contributed by atoms with Crippen LogP contribution in [-0.2, 0) is 63.7 Å². The number of aliphatic hydroxyl groups excluding tert-OH is 1. The fraction of sp³-hybridized carbons (Fsp3) is 0.788. The number of ether oxygens (including phenoxy) is 4. The molecule has 76 heavy (non-hydrogen) atoms. The zero-order valence-corrected chi connectivity index (χ0v) is 46.6. The van der Waals surface area contributed by atoms with Crippen molar-refractivity contribution in [3.63, 3.8) is 0 Å². The number of carbonyl (C=O) groups excluding carboxylic acids is 7. The molecule has 15 N–H and O–H groups in total. The van der Waals surface area contributed by atoms with Gasteiger partial charge in [0, 0.05) is 50.8 Å². The third-order valence-corrected chi connectivity index (χ3v) is 11.0. The molecule has 24 nitrogen and oxygen atoms in total. The number of aromatic amines is 1. The summed E-state index contributed by atoms with van der Waals surface area (Å²) in [5.74, 6) is -3.08. The number of primary amides is 1. The number of carbonyl (C=O) groups is 8. The molecule has 0 bridgehead atoms. The molecule has 0 aliphatic carbocycles. The minimum Gasteiger partial charge on any atom is -0.480 e. The topological polar surface area (TPSA) is 395 Å². The lowest BCUT2D eigenvalue weighted by Crippen LogP contribution is -2.41. The van der Waals surface area contributed by atoms with Crippen LogP contribution < -0.4 is 44.2 Å². The summed E-state index contributed by atoms with van der Waals surface area (Å²) in [5.41, 5.74) is 21.6. The van der Waals surface area contributed by atoms with E-state index in [0.717, 1.165) is 44.2 Å². The molecule has 1 aromatic rings. The van der Waals surface area contributed by atoms with Gasteiger partial charge in [-0.3, -0.25) is 33.6 Å². The number of unbranched alkanes of at least 4 members (excludes halogenated alkanes) is 13. The van der Waals surface area contributed by atoms with Crippen LogP contribution in [0.1, 0.15) is 162 Å². The van der Waals surface area contributed by atoms with Gasteiger partial charge in [-0.25, -0.2) is 9.78 Å². The van der Waals surface area contributed by atoms with Gasteiger partial charge < -0.3 is 78.3 Å². The number of hydrogen-bond donors (Lipinski definition) is 11. The molecule has 0 fully saturated rings. The first kappa shape index (κ1) is 75.3. The van der Waals surface area contributed by atoms with Crippen molar-refractivity contribution in [2.24, 2.45) is 22.9 Å². The maximum absolute atomic E-state index is 12.3. The van der Waals surface area contributed by atoms with Gasteiger partial charge in [0.15, 0.2) is 0 Å². The first-order chi connectivity index (χ1) is 36.4. The summed E-state index contributed by atoms with van der Waals surface area (Å²) < 4.78 is 21.3. The summed E-state index contributed by atoms with van der Waals surface area (Å²) >= 11 is 0. The van der Waals surface area contributed by atoms with Crippen LogP contribution in [0.2, 0.25) is 0 Å². The van der Waals surface area contributed by atoms with Gasteiger partial charge in [-0.2, -0.15) is 0 Å². The number of nitrogens with zero attached hydrogens (tertiary/aromatic N) is 1. The van der Waals surface area contributed by atoms with E-state index in [1.54, 1.807) is 12.5 Å². The maximum atomic E-state index is 12.3. The van der Waals surface area contributed by atoms with Gasteiger partial charge in [-0.05, 0) is 46.0 Å². The summed E-state index contributed by atoms with van der Waals surface area (Å²) in [6.45, 7) is 10.9. The molecule has 1 rings (SSSR count). The van der Waals surface area contributed by atoms with Crippen molar-refractivity contribution >= 4 is 47.1 Å². The fourth-order valence-corrected chi connectivity index (χ4v) is 6.38. The number of imidazole rings is 1. The van der Waals surface area contributed by atoms with Gasteiger partial charge in [-0.15, -0.1) is 0 Å². The Labute approximate surface area is 452 Å². The molecule has 0 aliphatic heterocycles. The van der Waals surface area contributed by atoms with Gasteiger partial charge in [-0.1, -0.05) is 97.8 Å². The summed E-state index contributed by atoms with van der Waals surface area (Å²) in [6.07, 6.45) is 21.7. The Morgan fingerprint density at radius 1 is 0.579 bits per heavy atom. The first-order valence-corrected chi connectivity index (χ1v) is 27.2. The quantitative estimate of drug-likeness (QED) is 0.0416. The van der Waals surface area contributed by atoms with E-state index in [1.165, 1.54) is 71.6 Å². The molecular formula is C52H100N10O14. The average Bonchev–Trinajstić information content (AvgIpc) is 3.91. The number of aromatic nitrogens is 2. The lowest BCUT2D eigenvalue weighted by Gasteiger charge is -2.14. The van der Waals surface area contributed by atoms with Crippen LogP contribution in [0, 0.1) is 0 Å². The fourth-order valence-electron chi connectivity index (χ4n) is 6.38. The van der Waals surface area contributed by atoms with Gasteiger partial charge in [0.25, 0.3) is 0 Å². The van der Waals surface area contributed by atoms with E-state index in [2.05, 4.69) is 43.9 Å². The minimum absolute atomic E-state index is 0.000370. The Kier molecular flexibility index (Phi) is 54.3. The molecular weight excluding hydrogens is 989 g/mol. The van der Waals surface area contributed by atoms with E-state index in [1.807, 2.05) is 13.8 Å². The van der Waals surface area contributed by atoms with E-state index in [0.29, 0.717) is 19.4 Å². The Bertz CT molecular complexity index is 1630. The van der Waals surface area contributed by atoms with E-state index < -0.39 is 36.0 Å². The van der Waals surface area contributed by atoms with Crippen molar-refractivity contribution in [1.82, 2.24) is 31.2 Å². The highest BCUT2D eigenvalue weighted by Gasteiger charge is 2.21. The second kappa shape index (κ2) is 54.8. The zero-order chi connectivity index (χ0) is 57.6. The second-order valence-electron chi connectivity index (χ2n) is 17.8. The molecule has 0 saturated heterocycles. The number of rotatable bonds is 46. The predicted octanol–water partition coefficient (Wildman–Crippen LogP) is 2.00. The van der Waals surface area contributed by atoms with E-state index >= 15 is 0 Å². The van der Waals surface area contributed by atoms with E-state index in [-0.39, 0.29) is 127 Å².